The highest BCUT2D eigenvalue weighted by Gasteiger charge is 2.31. The maximum Gasteiger partial charge on any atom is 0.309 e. The van der Waals surface area contributed by atoms with E-state index in [9.17, 15) is 18.0 Å². The minimum absolute atomic E-state index is 0.0773. The Labute approximate surface area is 152 Å². The zero-order chi connectivity index (χ0) is 18.7. The zero-order valence-electron chi connectivity index (χ0n) is 14.6. The molecular formula is C17H22N2O6S. The molecule has 1 amide bonds. The number of carbonyl (C=O) groups is 2. The Morgan fingerprint density at radius 1 is 1.27 bits per heavy atom. The molecule has 1 aromatic carbocycles. The first-order valence-electron chi connectivity index (χ1n) is 8.53. The van der Waals surface area contributed by atoms with Gasteiger partial charge in [0.05, 0.1) is 24.0 Å². The van der Waals surface area contributed by atoms with Gasteiger partial charge in [-0.05, 0) is 37.5 Å². The van der Waals surface area contributed by atoms with Gasteiger partial charge in [0, 0.05) is 18.8 Å². The molecular weight excluding hydrogens is 360 g/mol. The lowest BCUT2D eigenvalue weighted by Gasteiger charge is -2.26. The molecule has 1 heterocycles. The second-order valence-corrected chi connectivity index (χ2v) is 8.36. The zero-order valence-corrected chi connectivity index (χ0v) is 15.4. The van der Waals surface area contributed by atoms with E-state index >= 15 is 0 Å². The van der Waals surface area contributed by atoms with Gasteiger partial charge in [0.15, 0.2) is 6.61 Å². The normalized spacial score (nSPS) is 18.3. The second-order valence-electron chi connectivity index (χ2n) is 6.42. The average molecular weight is 382 g/mol. The number of nitrogens with one attached hydrogen (secondary N) is 1. The van der Waals surface area contributed by atoms with Crippen LogP contribution in [0.1, 0.15) is 18.4 Å². The summed E-state index contributed by atoms with van der Waals surface area (Å²) in [6.45, 7) is 2.71. The summed E-state index contributed by atoms with van der Waals surface area (Å²) in [6, 6.07) is 4.59. The summed E-state index contributed by atoms with van der Waals surface area (Å²) in [6.07, 6.45) is 1.61. The number of hydrogen-bond donors (Lipinski definition) is 1. The largest absolute Gasteiger partial charge is 0.455 e. The molecule has 0 atom stereocenters. The van der Waals surface area contributed by atoms with Crippen LogP contribution in [0.25, 0.3) is 0 Å². The molecule has 0 bridgehead atoms. The molecule has 2 fully saturated rings. The van der Waals surface area contributed by atoms with Gasteiger partial charge in [-0.1, -0.05) is 6.07 Å². The topological polar surface area (TPSA) is 102 Å². The van der Waals surface area contributed by atoms with Crippen LogP contribution in [-0.2, 0) is 29.1 Å². The van der Waals surface area contributed by atoms with Gasteiger partial charge in [-0.3, -0.25) is 9.59 Å². The van der Waals surface area contributed by atoms with E-state index in [2.05, 4.69) is 5.32 Å². The Morgan fingerprint density at radius 2 is 1.96 bits per heavy atom. The number of sulfonamides is 1. The van der Waals surface area contributed by atoms with Crippen molar-refractivity contribution < 1.29 is 27.5 Å². The van der Waals surface area contributed by atoms with Crippen molar-refractivity contribution in [2.24, 2.45) is 5.92 Å². The van der Waals surface area contributed by atoms with Gasteiger partial charge in [-0.2, -0.15) is 4.31 Å². The molecule has 0 unspecified atom stereocenters. The number of esters is 1. The summed E-state index contributed by atoms with van der Waals surface area (Å²) < 4.78 is 36.9. The molecule has 1 N–H and O–H groups in total. The van der Waals surface area contributed by atoms with E-state index in [0.717, 1.165) is 12.8 Å². The number of hydrogen-bond acceptors (Lipinski definition) is 6. The molecule has 9 heteroatoms. The lowest BCUT2D eigenvalue weighted by Crippen LogP contribution is -2.40. The SMILES string of the molecule is Cc1ccc(S(=O)(=O)N2CCOCC2)cc1NC(=O)COC(=O)C1CC1. The first kappa shape index (κ1) is 18.8. The molecule has 1 saturated heterocycles. The van der Waals surface area contributed by atoms with Crippen LogP contribution in [0.2, 0.25) is 0 Å². The van der Waals surface area contributed by atoms with Crippen molar-refractivity contribution in [3.8, 4) is 0 Å². The molecule has 0 radical (unpaired) electrons. The van der Waals surface area contributed by atoms with Crippen molar-refractivity contribution in [1.82, 2.24) is 4.31 Å². The third-order valence-electron chi connectivity index (χ3n) is 4.35. The fourth-order valence-electron chi connectivity index (χ4n) is 2.59. The molecule has 142 valence electrons. The number of carbonyl (C=O) groups excluding carboxylic acids is 2. The van der Waals surface area contributed by atoms with Crippen LogP contribution in [0.3, 0.4) is 0 Å². The summed E-state index contributed by atoms with van der Waals surface area (Å²) in [7, 11) is -3.65. The third kappa shape index (κ3) is 4.40. The van der Waals surface area contributed by atoms with Crippen LogP contribution in [0.4, 0.5) is 5.69 Å². The standard InChI is InChI=1S/C17H22N2O6S/c1-12-2-5-14(26(22,23)19-6-8-24-9-7-19)10-15(12)18-16(20)11-25-17(21)13-3-4-13/h2,5,10,13H,3-4,6-9,11H2,1H3,(H,18,20). The number of benzene rings is 1. The van der Waals surface area contributed by atoms with Crippen LogP contribution in [0.15, 0.2) is 23.1 Å². The minimum atomic E-state index is -3.65. The number of nitrogens with zero attached hydrogens (tertiary/aromatic N) is 1. The van der Waals surface area contributed by atoms with E-state index in [1.165, 1.54) is 16.4 Å². The smallest absolute Gasteiger partial charge is 0.309 e. The summed E-state index contributed by atoms with van der Waals surface area (Å²) in [4.78, 5) is 23.6. The van der Waals surface area contributed by atoms with Crippen molar-refractivity contribution in [3.63, 3.8) is 0 Å². The fraction of sp³-hybridized carbons (Fsp3) is 0.529. The minimum Gasteiger partial charge on any atom is -0.455 e. The molecule has 1 aliphatic heterocycles. The summed E-state index contributed by atoms with van der Waals surface area (Å²) in [5.41, 5.74) is 1.10. The Hall–Kier alpha value is -1.97. The highest BCUT2D eigenvalue weighted by molar-refractivity contribution is 7.89. The number of aryl methyl sites for hydroxylation is 1. The Bertz CT molecular complexity index is 797. The van der Waals surface area contributed by atoms with Crippen LogP contribution in [0.5, 0.6) is 0 Å². The molecule has 2 aliphatic rings. The Balaban J connectivity index is 1.68. The van der Waals surface area contributed by atoms with Gasteiger partial charge in [-0.25, -0.2) is 8.42 Å². The lowest BCUT2D eigenvalue weighted by molar-refractivity contribution is -0.148. The van der Waals surface area contributed by atoms with E-state index in [-0.39, 0.29) is 23.4 Å². The number of morpholine rings is 1. The van der Waals surface area contributed by atoms with Crippen molar-refractivity contribution in [2.45, 2.75) is 24.7 Å². The number of rotatable bonds is 6. The molecule has 1 saturated carbocycles. The summed E-state index contributed by atoms with van der Waals surface area (Å²) in [5.74, 6) is -0.935. The van der Waals surface area contributed by atoms with Crippen LogP contribution >= 0.6 is 0 Å². The first-order valence-corrected chi connectivity index (χ1v) is 9.97. The maximum atomic E-state index is 12.7. The number of ether oxygens (including phenoxy) is 2. The second kappa shape index (κ2) is 7.73. The van der Waals surface area contributed by atoms with E-state index in [1.54, 1.807) is 13.0 Å². The van der Waals surface area contributed by atoms with Gasteiger partial charge in [0.25, 0.3) is 5.91 Å². The third-order valence-corrected chi connectivity index (χ3v) is 6.24. The molecule has 0 spiro atoms. The van der Waals surface area contributed by atoms with E-state index < -0.39 is 15.9 Å². The lowest BCUT2D eigenvalue weighted by atomic mass is 10.2. The van der Waals surface area contributed by atoms with Crippen LogP contribution < -0.4 is 5.32 Å². The van der Waals surface area contributed by atoms with Gasteiger partial charge >= 0.3 is 5.97 Å². The monoisotopic (exact) mass is 382 g/mol. The Kier molecular flexibility index (Phi) is 5.59. The molecule has 0 aromatic heterocycles. The summed E-state index contributed by atoms with van der Waals surface area (Å²) in [5, 5.41) is 2.62. The van der Waals surface area contributed by atoms with E-state index in [1.807, 2.05) is 0 Å². The quantitative estimate of drug-likeness (QED) is 0.734. The summed E-state index contributed by atoms with van der Waals surface area (Å²) >= 11 is 0. The fourth-order valence-corrected chi connectivity index (χ4v) is 4.03. The number of anilines is 1. The predicted molar refractivity (Wildman–Crippen MR) is 93.1 cm³/mol. The van der Waals surface area contributed by atoms with Crippen LogP contribution in [0, 0.1) is 12.8 Å². The average Bonchev–Trinajstić information content (AvgIpc) is 3.47. The highest BCUT2D eigenvalue weighted by Crippen LogP contribution is 2.30. The highest BCUT2D eigenvalue weighted by atomic mass is 32.2. The van der Waals surface area contributed by atoms with Crippen molar-refractivity contribution in [1.29, 1.82) is 0 Å². The van der Waals surface area contributed by atoms with Gasteiger partial charge in [0.1, 0.15) is 0 Å². The van der Waals surface area contributed by atoms with Gasteiger partial charge in [0.2, 0.25) is 10.0 Å². The molecule has 26 heavy (non-hydrogen) atoms. The molecule has 8 nitrogen and oxygen atoms in total. The molecule has 3 rings (SSSR count). The van der Waals surface area contributed by atoms with Crippen molar-refractivity contribution in [3.05, 3.63) is 23.8 Å². The first-order chi connectivity index (χ1) is 12.4. The van der Waals surface area contributed by atoms with Gasteiger partial charge in [-0.15, -0.1) is 0 Å². The number of amides is 1. The molecule has 1 aromatic rings. The van der Waals surface area contributed by atoms with Crippen molar-refractivity contribution >= 4 is 27.6 Å². The molecule has 1 aliphatic carbocycles. The van der Waals surface area contributed by atoms with Gasteiger partial charge < -0.3 is 14.8 Å². The Morgan fingerprint density at radius 3 is 2.62 bits per heavy atom. The predicted octanol–water partition coefficient (Wildman–Crippen LogP) is 0.908. The van der Waals surface area contributed by atoms with E-state index in [4.69, 9.17) is 9.47 Å². The van der Waals surface area contributed by atoms with Crippen LogP contribution in [-0.4, -0.2) is 57.5 Å². The maximum absolute atomic E-state index is 12.7. The van der Waals surface area contributed by atoms with Crippen molar-refractivity contribution in [2.75, 3.05) is 38.2 Å². The van der Waals surface area contributed by atoms with E-state index in [0.29, 0.717) is 37.6 Å².